The Kier molecular flexibility index (Phi) is 10.0. The van der Waals surface area contributed by atoms with Gasteiger partial charge in [-0.25, -0.2) is 4.68 Å². The molecule has 13 heteroatoms. The van der Waals surface area contributed by atoms with Gasteiger partial charge in [0.05, 0.1) is 47.0 Å². The van der Waals surface area contributed by atoms with Gasteiger partial charge >= 0.3 is 12.1 Å². The van der Waals surface area contributed by atoms with Crippen LogP contribution in [0.4, 0.5) is 13.2 Å². The topological polar surface area (TPSA) is 116 Å². The van der Waals surface area contributed by atoms with Crippen molar-refractivity contribution in [1.29, 1.82) is 0 Å². The predicted octanol–water partition coefficient (Wildman–Crippen LogP) is 6.88. The monoisotopic (exact) mass is 646 g/mol. The maximum atomic E-state index is 13.9. The van der Waals surface area contributed by atoms with Crippen LogP contribution in [0.3, 0.4) is 0 Å². The molecule has 0 spiro atoms. The summed E-state index contributed by atoms with van der Waals surface area (Å²) in [5, 5.41) is 7.98. The molecule has 2 atom stereocenters. The highest BCUT2D eigenvalue weighted by atomic mass is 35.5. The second-order valence-electron chi connectivity index (χ2n) is 9.76. The fourth-order valence-electron chi connectivity index (χ4n) is 4.65. The third-order valence-electron chi connectivity index (χ3n) is 6.79. The van der Waals surface area contributed by atoms with Crippen LogP contribution in [0.1, 0.15) is 59.4 Å². The zero-order chi connectivity index (χ0) is 32.2. The van der Waals surface area contributed by atoms with Crippen molar-refractivity contribution in [3.8, 4) is 16.9 Å². The first kappa shape index (κ1) is 32.6. The quantitative estimate of drug-likeness (QED) is 0.182. The van der Waals surface area contributed by atoms with E-state index in [4.69, 9.17) is 33.7 Å². The molecule has 0 aliphatic carbocycles. The molecule has 1 aromatic heterocycles. The van der Waals surface area contributed by atoms with E-state index in [1.165, 1.54) is 16.8 Å². The number of nitrogens with zero attached hydrogens (tertiary/aromatic N) is 2. The van der Waals surface area contributed by atoms with E-state index < -0.39 is 47.9 Å². The van der Waals surface area contributed by atoms with Gasteiger partial charge in [0.2, 0.25) is 5.91 Å². The molecular formula is C31H27Cl2F3N4O4. The van der Waals surface area contributed by atoms with Gasteiger partial charge in [-0.15, -0.1) is 0 Å². The summed E-state index contributed by atoms with van der Waals surface area (Å²) >= 11 is 12.7. The Morgan fingerprint density at radius 2 is 1.64 bits per heavy atom. The first-order valence-corrected chi connectivity index (χ1v) is 14.1. The molecule has 3 aromatic carbocycles. The lowest BCUT2D eigenvalue weighted by molar-refractivity contribution is -0.145. The molecule has 4 rings (SSSR count). The fourth-order valence-corrected chi connectivity index (χ4v) is 4.99. The molecule has 8 nitrogen and oxygen atoms in total. The number of alkyl halides is 3. The number of amides is 2. The van der Waals surface area contributed by atoms with E-state index in [0.29, 0.717) is 21.8 Å². The molecule has 1 unspecified atom stereocenters. The van der Waals surface area contributed by atoms with E-state index in [1.807, 2.05) is 0 Å². The Bertz CT molecular complexity index is 1670. The molecule has 0 saturated carbocycles. The summed E-state index contributed by atoms with van der Waals surface area (Å²) in [4.78, 5) is 39.4. The molecule has 0 fully saturated rings. The minimum Gasteiger partial charge on any atom is -0.466 e. The first-order valence-electron chi connectivity index (χ1n) is 13.4. The van der Waals surface area contributed by atoms with Gasteiger partial charge in [-0.05, 0) is 55.8 Å². The number of para-hydroxylation sites is 1. The summed E-state index contributed by atoms with van der Waals surface area (Å²) in [6.45, 7) is 3.23. The van der Waals surface area contributed by atoms with Crippen LogP contribution in [0.15, 0.2) is 72.8 Å². The fraction of sp³-hybridized carbons (Fsp3) is 0.226. The average Bonchev–Trinajstić information content (AvgIpc) is 3.36. The van der Waals surface area contributed by atoms with E-state index in [0.717, 1.165) is 12.1 Å². The number of rotatable bonds is 10. The molecule has 1 heterocycles. The Morgan fingerprint density at radius 3 is 2.20 bits per heavy atom. The minimum absolute atomic E-state index is 0.0323. The van der Waals surface area contributed by atoms with Crippen LogP contribution in [0.5, 0.6) is 0 Å². The molecular weight excluding hydrogens is 620 g/mol. The number of aromatic nitrogens is 2. The SMILES string of the molecule is CCOC(=O)CC(C(N)=O)c1c(C(=O)N[C@H](C)c2ccc(C(F)(F)F)cc2)nn(-c2ccccc2Cl)c1-c1ccc(Cl)cc1. The van der Waals surface area contributed by atoms with Gasteiger partial charge in [0.1, 0.15) is 0 Å². The maximum Gasteiger partial charge on any atom is 0.416 e. The number of carbonyl (C=O) groups is 3. The lowest BCUT2D eigenvalue weighted by Crippen LogP contribution is -2.31. The molecule has 0 saturated heterocycles. The number of nitrogens with two attached hydrogens (primary N) is 1. The number of benzene rings is 3. The second-order valence-corrected chi connectivity index (χ2v) is 10.6. The van der Waals surface area contributed by atoms with Gasteiger partial charge in [0, 0.05) is 16.1 Å². The summed E-state index contributed by atoms with van der Waals surface area (Å²) in [7, 11) is 0. The minimum atomic E-state index is -4.52. The summed E-state index contributed by atoms with van der Waals surface area (Å²) in [5.74, 6) is -3.79. The molecule has 44 heavy (non-hydrogen) atoms. The summed E-state index contributed by atoms with van der Waals surface area (Å²) in [5.41, 5.74) is 6.22. The van der Waals surface area contributed by atoms with E-state index >= 15 is 0 Å². The Balaban J connectivity index is 1.91. The van der Waals surface area contributed by atoms with Crippen molar-refractivity contribution in [3.63, 3.8) is 0 Å². The number of hydrogen-bond donors (Lipinski definition) is 2. The number of carbonyl (C=O) groups excluding carboxylic acids is 3. The van der Waals surface area contributed by atoms with E-state index in [9.17, 15) is 27.6 Å². The average molecular weight is 647 g/mol. The lowest BCUT2D eigenvalue weighted by Gasteiger charge is -2.18. The molecule has 0 aliphatic rings. The van der Waals surface area contributed by atoms with Gasteiger partial charge in [-0.2, -0.15) is 18.3 Å². The number of nitrogens with one attached hydrogen (secondary N) is 1. The highest BCUT2D eigenvalue weighted by molar-refractivity contribution is 6.32. The summed E-state index contributed by atoms with van der Waals surface area (Å²) in [6.07, 6.45) is -5.01. The largest absolute Gasteiger partial charge is 0.466 e. The first-order chi connectivity index (χ1) is 20.8. The van der Waals surface area contributed by atoms with Crippen molar-refractivity contribution in [2.45, 2.75) is 38.4 Å². The number of esters is 1. The molecule has 0 radical (unpaired) electrons. The van der Waals surface area contributed by atoms with Crippen molar-refractivity contribution in [2.24, 2.45) is 5.73 Å². The third kappa shape index (κ3) is 7.23. The lowest BCUT2D eigenvalue weighted by atomic mass is 9.89. The van der Waals surface area contributed by atoms with Crippen molar-refractivity contribution in [2.75, 3.05) is 6.61 Å². The van der Waals surface area contributed by atoms with Crippen LogP contribution < -0.4 is 11.1 Å². The molecule has 4 aromatic rings. The van der Waals surface area contributed by atoms with Crippen LogP contribution in [0, 0.1) is 0 Å². The smallest absolute Gasteiger partial charge is 0.416 e. The van der Waals surface area contributed by atoms with E-state index in [2.05, 4.69) is 10.4 Å². The molecule has 230 valence electrons. The summed E-state index contributed by atoms with van der Waals surface area (Å²) < 4.78 is 45.7. The molecule has 0 aliphatic heterocycles. The number of hydrogen-bond acceptors (Lipinski definition) is 5. The highest BCUT2D eigenvalue weighted by Gasteiger charge is 2.36. The van der Waals surface area contributed by atoms with Gasteiger partial charge in [0.25, 0.3) is 5.91 Å². The molecule has 0 bridgehead atoms. The van der Waals surface area contributed by atoms with Gasteiger partial charge < -0.3 is 15.8 Å². The zero-order valence-electron chi connectivity index (χ0n) is 23.5. The van der Waals surface area contributed by atoms with Crippen LogP contribution in [0.25, 0.3) is 16.9 Å². The zero-order valence-corrected chi connectivity index (χ0v) is 25.0. The number of halogens is 5. The van der Waals surface area contributed by atoms with Gasteiger partial charge in [-0.3, -0.25) is 14.4 Å². The van der Waals surface area contributed by atoms with Crippen molar-refractivity contribution >= 4 is 41.0 Å². The Hall–Kier alpha value is -4.35. The Labute approximate surface area is 260 Å². The van der Waals surface area contributed by atoms with Gasteiger partial charge in [-0.1, -0.05) is 59.6 Å². The van der Waals surface area contributed by atoms with Crippen LogP contribution in [-0.4, -0.2) is 34.2 Å². The highest BCUT2D eigenvalue weighted by Crippen LogP contribution is 2.38. The van der Waals surface area contributed by atoms with E-state index in [1.54, 1.807) is 62.4 Å². The van der Waals surface area contributed by atoms with Crippen LogP contribution in [0.2, 0.25) is 10.0 Å². The van der Waals surface area contributed by atoms with E-state index in [-0.39, 0.29) is 28.6 Å². The Morgan fingerprint density at radius 1 is 1.00 bits per heavy atom. The standard InChI is InChI=1S/C31H27Cl2F3N4O4/c1-3-44-25(41)16-22(29(37)42)26-27(30(43)38-17(2)18-8-12-20(13-9-18)31(34,35)36)39-40(24-7-5-4-6-23(24)33)28(26)19-10-14-21(32)15-11-19/h4-15,17,22H,3,16H2,1-2H3,(H2,37,42)(H,38,43)/t17-,22?/m1/s1. The predicted molar refractivity (Wildman–Crippen MR) is 160 cm³/mol. The van der Waals surface area contributed by atoms with Crippen molar-refractivity contribution in [1.82, 2.24) is 15.1 Å². The summed E-state index contributed by atoms with van der Waals surface area (Å²) in [6, 6.07) is 16.7. The normalized spacial score (nSPS) is 12.8. The number of primary amides is 1. The molecule has 3 N–H and O–H groups in total. The van der Waals surface area contributed by atoms with Crippen molar-refractivity contribution < 1.29 is 32.3 Å². The second kappa shape index (κ2) is 13.5. The van der Waals surface area contributed by atoms with Crippen LogP contribution >= 0.6 is 23.2 Å². The maximum absolute atomic E-state index is 13.9. The van der Waals surface area contributed by atoms with Gasteiger partial charge in [0.15, 0.2) is 5.69 Å². The third-order valence-corrected chi connectivity index (χ3v) is 7.36. The molecule has 2 amide bonds. The number of ether oxygens (including phenoxy) is 1. The van der Waals surface area contributed by atoms with Crippen LogP contribution in [-0.2, 0) is 20.5 Å². The van der Waals surface area contributed by atoms with Crippen molar-refractivity contribution in [3.05, 3.63) is 105 Å².